The van der Waals surface area contributed by atoms with Crippen molar-refractivity contribution in [2.24, 2.45) is 0 Å². The van der Waals surface area contributed by atoms with Crippen molar-refractivity contribution in [2.75, 3.05) is 25.0 Å². The van der Waals surface area contributed by atoms with Crippen molar-refractivity contribution in [3.05, 3.63) is 34.4 Å². The molecule has 1 unspecified atom stereocenters. The molecule has 2 amide bonds. The summed E-state index contributed by atoms with van der Waals surface area (Å²) < 4.78 is 0. The number of hydrogen-bond acceptors (Lipinski definition) is 4. The van der Waals surface area contributed by atoms with Crippen LogP contribution in [0.25, 0.3) is 0 Å². The van der Waals surface area contributed by atoms with Crippen LogP contribution in [0.2, 0.25) is 0 Å². The molecule has 1 aliphatic rings. The maximum Gasteiger partial charge on any atom is 0.321 e. The summed E-state index contributed by atoms with van der Waals surface area (Å²) in [6.07, 6.45) is 0. The lowest BCUT2D eigenvalue weighted by molar-refractivity contribution is -0.384. The summed E-state index contributed by atoms with van der Waals surface area (Å²) in [5.41, 5.74) is 0.400. The summed E-state index contributed by atoms with van der Waals surface area (Å²) in [7, 11) is 0. The molecule has 7 nitrogen and oxygen atoms in total. The van der Waals surface area contributed by atoms with Gasteiger partial charge in [-0.1, -0.05) is 6.07 Å². The Bertz CT molecular complexity index is 492. The van der Waals surface area contributed by atoms with Crippen LogP contribution in [-0.4, -0.2) is 41.5 Å². The van der Waals surface area contributed by atoms with Gasteiger partial charge in [0, 0.05) is 43.5 Å². The molecule has 0 aliphatic carbocycles. The molecule has 1 aliphatic heterocycles. The maximum absolute atomic E-state index is 12.0. The minimum Gasteiger partial charge on any atom is -0.322 e. The second kappa shape index (κ2) is 5.66. The number of nitro groups is 1. The third kappa shape index (κ3) is 3.41. The van der Waals surface area contributed by atoms with Crippen LogP contribution in [0.5, 0.6) is 0 Å². The van der Waals surface area contributed by atoms with E-state index in [1.165, 1.54) is 12.1 Å². The highest BCUT2D eigenvalue weighted by molar-refractivity contribution is 5.89. The van der Waals surface area contributed by atoms with E-state index in [1.54, 1.807) is 17.0 Å². The van der Waals surface area contributed by atoms with Crippen molar-refractivity contribution < 1.29 is 9.72 Å². The predicted molar refractivity (Wildman–Crippen MR) is 71.2 cm³/mol. The molecule has 102 valence electrons. The number of non-ortho nitro benzene ring substituents is 1. The van der Waals surface area contributed by atoms with Gasteiger partial charge < -0.3 is 15.5 Å². The number of nitrogens with one attached hydrogen (secondary N) is 2. The van der Waals surface area contributed by atoms with Crippen molar-refractivity contribution >= 4 is 17.4 Å². The van der Waals surface area contributed by atoms with Gasteiger partial charge >= 0.3 is 6.03 Å². The molecule has 0 bridgehead atoms. The fraction of sp³-hybridized carbons (Fsp3) is 0.417. The largest absolute Gasteiger partial charge is 0.322 e. The molecule has 1 heterocycles. The molecule has 2 rings (SSSR count). The second-order valence-corrected chi connectivity index (χ2v) is 4.54. The van der Waals surface area contributed by atoms with Gasteiger partial charge in [-0.2, -0.15) is 0 Å². The zero-order valence-corrected chi connectivity index (χ0v) is 10.6. The molecular weight excluding hydrogens is 248 g/mol. The van der Waals surface area contributed by atoms with Gasteiger partial charge in [0.25, 0.3) is 5.69 Å². The first-order valence-electron chi connectivity index (χ1n) is 6.10. The third-order valence-electron chi connectivity index (χ3n) is 2.96. The lowest BCUT2D eigenvalue weighted by atomic mass is 10.2. The summed E-state index contributed by atoms with van der Waals surface area (Å²) in [6.45, 7) is 4.02. The van der Waals surface area contributed by atoms with Gasteiger partial charge in [-0.25, -0.2) is 4.79 Å². The number of hydrogen-bond donors (Lipinski definition) is 2. The van der Waals surface area contributed by atoms with E-state index in [-0.39, 0.29) is 17.8 Å². The summed E-state index contributed by atoms with van der Waals surface area (Å²) in [4.78, 5) is 23.9. The van der Waals surface area contributed by atoms with Gasteiger partial charge in [0.1, 0.15) is 0 Å². The van der Waals surface area contributed by atoms with Crippen LogP contribution in [0, 0.1) is 10.1 Å². The van der Waals surface area contributed by atoms with Gasteiger partial charge in [-0.15, -0.1) is 0 Å². The fourth-order valence-corrected chi connectivity index (χ4v) is 2.02. The Balaban J connectivity index is 2.02. The van der Waals surface area contributed by atoms with E-state index in [0.717, 1.165) is 6.54 Å². The van der Waals surface area contributed by atoms with E-state index in [0.29, 0.717) is 18.8 Å². The highest BCUT2D eigenvalue weighted by Crippen LogP contribution is 2.17. The van der Waals surface area contributed by atoms with Crippen molar-refractivity contribution in [1.82, 2.24) is 10.2 Å². The van der Waals surface area contributed by atoms with E-state index in [1.807, 2.05) is 6.92 Å². The van der Waals surface area contributed by atoms with Crippen molar-refractivity contribution in [2.45, 2.75) is 13.0 Å². The Labute approximate surface area is 110 Å². The van der Waals surface area contributed by atoms with E-state index in [9.17, 15) is 14.9 Å². The summed E-state index contributed by atoms with van der Waals surface area (Å²) in [6, 6.07) is 5.95. The average molecular weight is 264 g/mol. The number of nitrogens with zero attached hydrogens (tertiary/aromatic N) is 2. The molecule has 2 N–H and O–H groups in total. The van der Waals surface area contributed by atoms with Crippen LogP contribution >= 0.6 is 0 Å². The SMILES string of the molecule is CC1CN(C(=O)Nc2cccc([N+](=O)[O-])c2)CCN1. The monoisotopic (exact) mass is 264 g/mol. The number of nitro benzene ring substituents is 1. The van der Waals surface area contributed by atoms with Crippen LogP contribution in [0.1, 0.15) is 6.92 Å². The number of anilines is 1. The van der Waals surface area contributed by atoms with Crippen LogP contribution in [-0.2, 0) is 0 Å². The predicted octanol–water partition coefficient (Wildman–Crippen LogP) is 1.42. The first kappa shape index (κ1) is 13.3. The van der Waals surface area contributed by atoms with E-state index in [2.05, 4.69) is 10.6 Å². The molecule has 0 aromatic heterocycles. The maximum atomic E-state index is 12.0. The Morgan fingerprint density at radius 3 is 3.05 bits per heavy atom. The molecular formula is C12H16N4O3. The lowest BCUT2D eigenvalue weighted by Crippen LogP contribution is -2.52. The fourth-order valence-electron chi connectivity index (χ4n) is 2.02. The Morgan fingerprint density at radius 2 is 2.37 bits per heavy atom. The van der Waals surface area contributed by atoms with Gasteiger partial charge in [0.2, 0.25) is 0 Å². The zero-order chi connectivity index (χ0) is 13.8. The molecule has 1 atom stereocenters. The number of carbonyl (C=O) groups is 1. The molecule has 1 fully saturated rings. The van der Waals surface area contributed by atoms with Gasteiger partial charge in [-0.3, -0.25) is 10.1 Å². The highest BCUT2D eigenvalue weighted by atomic mass is 16.6. The second-order valence-electron chi connectivity index (χ2n) is 4.54. The van der Waals surface area contributed by atoms with E-state index < -0.39 is 4.92 Å². The Kier molecular flexibility index (Phi) is 3.96. The first-order chi connectivity index (χ1) is 9.06. The molecule has 0 spiro atoms. The molecule has 1 aromatic carbocycles. The normalized spacial score (nSPS) is 19.0. The summed E-state index contributed by atoms with van der Waals surface area (Å²) in [5.74, 6) is 0. The van der Waals surface area contributed by atoms with Crippen molar-refractivity contribution in [3.63, 3.8) is 0 Å². The zero-order valence-electron chi connectivity index (χ0n) is 10.6. The standard InChI is InChI=1S/C12H16N4O3/c1-9-8-15(6-5-13-9)12(17)14-10-3-2-4-11(7-10)16(18)19/h2-4,7,9,13H,5-6,8H2,1H3,(H,14,17). The molecule has 1 saturated heterocycles. The highest BCUT2D eigenvalue weighted by Gasteiger charge is 2.20. The topological polar surface area (TPSA) is 87.5 Å². The van der Waals surface area contributed by atoms with Crippen LogP contribution in [0.15, 0.2) is 24.3 Å². The summed E-state index contributed by atoms with van der Waals surface area (Å²) >= 11 is 0. The van der Waals surface area contributed by atoms with Crippen molar-refractivity contribution in [1.29, 1.82) is 0 Å². The number of piperazine rings is 1. The number of benzene rings is 1. The first-order valence-corrected chi connectivity index (χ1v) is 6.10. The van der Waals surface area contributed by atoms with Crippen LogP contribution in [0.4, 0.5) is 16.2 Å². The minimum absolute atomic E-state index is 0.0357. The molecule has 0 saturated carbocycles. The van der Waals surface area contributed by atoms with Gasteiger partial charge in [0.15, 0.2) is 0 Å². The molecule has 0 radical (unpaired) electrons. The number of rotatable bonds is 2. The van der Waals surface area contributed by atoms with Crippen LogP contribution < -0.4 is 10.6 Å². The van der Waals surface area contributed by atoms with Gasteiger partial charge in [-0.05, 0) is 13.0 Å². The number of amides is 2. The van der Waals surface area contributed by atoms with E-state index in [4.69, 9.17) is 0 Å². The quantitative estimate of drug-likeness (QED) is 0.624. The molecule has 7 heteroatoms. The minimum atomic E-state index is -0.484. The summed E-state index contributed by atoms with van der Waals surface area (Å²) in [5, 5.41) is 16.6. The Morgan fingerprint density at radius 1 is 1.58 bits per heavy atom. The van der Waals surface area contributed by atoms with Gasteiger partial charge in [0.05, 0.1) is 4.92 Å². The smallest absolute Gasteiger partial charge is 0.321 e. The van der Waals surface area contributed by atoms with E-state index >= 15 is 0 Å². The third-order valence-corrected chi connectivity index (χ3v) is 2.96. The number of carbonyl (C=O) groups excluding carboxylic acids is 1. The van der Waals surface area contributed by atoms with Crippen molar-refractivity contribution in [3.8, 4) is 0 Å². The van der Waals surface area contributed by atoms with Crippen LogP contribution in [0.3, 0.4) is 0 Å². The molecule has 19 heavy (non-hydrogen) atoms. The number of urea groups is 1. The Hall–Kier alpha value is -2.15. The molecule has 1 aromatic rings. The average Bonchev–Trinajstić information content (AvgIpc) is 2.39. The lowest BCUT2D eigenvalue weighted by Gasteiger charge is -2.31.